The predicted molar refractivity (Wildman–Crippen MR) is 117 cm³/mol. The zero-order valence-electron chi connectivity index (χ0n) is 16.3. The molecule has 0 aromatic heterocycles. The Morgan fingerprint density at radius 1 is 1.04 bits per heavy atom. The zero-order chi connectivity index (χ0) is 19.5. The van der Waals surface area contributed by atoms with Crippen LogP contribution in [-0.4, -0.2) is 28.1 Å². The van der Waals surface area contributed by atoms with Gasteiger partial charge in [0.05, 0.1) is 0 Å². The largest absolute Gasteiger partial charge is 0.360 e. The van der Waals surface area contributed by atoms with Crippen molar-refractivity contribution in [2.75, 3.05) is 5.32 Å². The summed E-state index contributed by atoms with van der Waals surface area (Å²) in [5.41, 5.74) is 3.46. The van der Waals surface area contributed by atoms with Crippen molar-refractivity contribution >= 4 is 23.0 Å². The monoisotopic (exact) mass is 397 g/mol. The summed E-state index contributed by atoms with van der Waals surface area (Å²) in [5.74, 6) is -0.165. The van der Waals surface area contributed by atoms with E-state index in [4.69, 9.17) is 12.2 Å². The lowest BCUT2D eigenvalue weighted by Gasteiger charge is -2.49. The number of piperidine rings is 2. The molecule has 0 saturated carbocycles. The third kappa shape index (κ3) is 4.70. The van der Waals surface area contributed by atoms with Crippen molar-refractivity contribution in [3.63, 3.8) is 0 Å². The number of aryl methyl sites for hydroxylation is 1. The van der Waals surface area contributed by atoms with Crippen LogP contribution in [0.15, 0.2) is 48.5 Å². The van der Waals surface area contributed by atoms with Gasteiger partial charge in [0.25, 0.3) is 0 Å². The Kier molecular flexibility index (Phi) is 5.93. The molecule has 0 aliphatic carbocycles. The maximum absolute atomic E-state index is 13.2. The molecule has 28 heavy (non-hydrogen) atoms. The van der Waals surface area contributed by atoms with Gasteiger partial charge in [-0.3, -0.25) is 4.90 Å². The number of hydrogen-bond acceptors (Lipinski definition) is 2. The molecule has 148 valence electrons. The van der Waals surface area contributed by atoms with Crippen molar-refractivity contribution in [3.8, 4) is 0 Å². The molecule has 5 heteroatoms. The highest BCUT2D eigenvalue weighted by Gasteiger charge is 2.38. The minimum absolute atomic E-state index is 0.165. The lowest BCUT2D eigenvalue weighted by atomic mass is 9.81. The van der Waals surface area contributed by atoms with E-state index in [1.807, 2.05) is 12.1 Å². The van der Waals surface area contributed by atoms with E-state index in [1.54, 1.807) is 12.1 Å². The standard InChI is InChI=1S/C23H28FN3S/c1-16-5-11-19(12-6-16)25-23(28)26-20-13-21-3-2-4-22(14-20)27(21)15-17-7-9-18(24)10-8-17/h5-12,20-22H,2-4,13-15H2,1H3,(H2,25,26,28)/t21-,22-/m0/s1. The predicted octanol–water partition coefficient (Wildman–Crippen LogP) is 5.01. The number of fused-ring (bicyclic) bond motifs is 2. The highest BCUT2D eigenvalue weighted by molar-refractivity contribution is 7.80. The Labute approximate surface area is 172 Å². The van der Waals surface area contributed by atoms with Crippen molar-refractivity contribution in [1.29, 1.82) is 0 Å². The molecule has 2 aliphatic heterocycles. The number of thiocarbonyl (C=S) groups is 1. The van der Waals surface area contributed by atoms with Crippen LogP contribution in [0.2, 0.25) is 0 Å². The van der Waals surface area contributed by atoms with Gasteiger partial charge in [0.1, 0.15) is 5.82 Å². The SMILES string of the molecule is Cc1ccc(NC(=S)NC2C[C@@H]3CCC[C@@H](C2)N3Cc2ccc(F)cc2)cc1. The fourth-order valence-corrected chi connectivity index (χ4v) is 4.93. The van der Waals surface area contributed by atoms with Crippen molar-refractivity contribution in [1.82, 2.24) is 10.2 Å². The number of rotatable bonds is 4. The lowest BCUT2D eigenvalue weighted by molar-refractivity contribution is 0.0211. The van der Waals surface area contributed by atoms with Crippen LogP contribution in [0, 0.1) is 12.7 Å². The number of nitrogens with one attached hydrogen (secondary N) is 2. The summed E-state index contributed by atoms with van der Waals surface area (Å²) >= 11 is 5.56. The molecule has 2 atom stereocenters. The summed E-state index contributed by atoms with van der Waals surface area (Å²) in [7, 11) is 0. The van der Waals surface area contributed by atoms with E-state index >= 15 is 0 Å². The second-order valence-corrected chi connectivity index (χ2v) is 8.58. The number of anilines is 1. The van der Waals surface area contributed by atoms with Gasteiger partial charge in [0, 0.05) is 30.4 Å². The minimum Gasteiger partial charge on any atom is -0.360 e. The van der Waals surface area contributed by atoms with Gasteiger partial charge in [0.15, 0.2) is 5.11 Å². The molecule has 3 nitrogen and oxygen atoms in total. The lowest BCUT2D eigenvalue weighted by Crippen LogP contribution is -2.56. The van der Waals surface area contributed by atoms with Gasteiger partial charge in [-0.15, -0.1) is 0 Å². The van der Waals surface area contributed by atoms with Crippen LogP contribution >= 0.6 is 12.2 Å². The van der Waals surface area contributed by atoms with E-state index in [0.29, 0.717) is 23.2 Å². The van der Waals surface area contributed by atoms with Crippen LogP contribution in [0.25, 0.3) is 0 Å². The van der Waals surface area contributed by atoms with Crippen LogP contribution in [0.1, 0.15) is 43.2 Å². The van der Waals surface area contributed by atoms with E-state index < -0.39 is 0 Å². The molecule has 2 N–H and O–H groups in total. The quantitative estimate of drug-likeness (QED) is 0.710. The summed E-state index contributed by atoms with van der Waals surface area (Å²) in [4.78, 5) is 2.63. The Morgan fingerprint density at radius 3 is 2.32 bits per heavy atom. The molecule has 0 radical (unpaired) electrons. The molecule has 2 fully saturated rings. The third-order valence-corrected chi connectivity index (χ3v) is 6.27. The van der Waals surface area contributed by atoms with Crippen LogP contribution in [0.4, 0.5) is 10.1 Å². The average Bonchev–Trinajstić information content (AvgIpc) is 2.66. The molecule has 2 saturated heterocycles. The number of hydrogen-bond donors (Lipinski definition) is 2. The van der Waals surface area contributed by atoms with Crippen molar-refractivity contribution in [2.45, 2.75) is 63.7 Å². The molecule has 2 aromatic rings. The van der Waals surface area contributed by atoms with Gasteiger partial charge in [-0.1, -0.05) is 36.2 Å². The summed E-state index contributed by atoms with van der Waals surface area (Å²) < 4.78 is 13.2. The number of halogens is 1. The van der Waals surface area contributed by atoms with E-state index in [2.05, 4.69) is 46.7 Å². The average molecular weight is 398 g/mol. The maximum Gasteiger partial charge on any atom is 0.170 e. The number of nitrogens with zero attached hydrogens (tertiary/aromatic N) is 1. The molecule has 2 heterocycles. The smallest absolute Gasteiger partial charge is 0.170 e. The van der Waals surface area contributed by atoms with Gasteiger partial charge in [-0.05, 0) is 74.7 Å². The molecular weight excluding hydrogens is 369 g/mol. The van der Waals surface area contributed by atoms with Gasteiger partial charge >= 0.3 is 0 Å². The van der Waals surface area contributed by atoms with E-state index in [-0.39, 0.29) is 5.82 Å². The van der Waals surface area contributed by atoms with Crippen LogP contribution in [0.5, 0.6) is 0 Å². The zero-order valence-corrected chi connectivity index (χ0v) is 17.1. The first kappa shape index (κ1) is 19.3. The Balaban J connectivity index is 1.35. The highest BCUT2D eigenvalue weighted by atomic mass is 32.1. The molecule has 0 unspecified atom stereocenters. The summed E-state index contributed by atoms with van der Waals surface area (Å²) in [6, 6.07) is 16.8. The Hall–Kier alpha value is -1.98. The van der Waals surface area contributed by atoms with Crippen molar-refractivity contribution in [2.24, 2.45) is 0 Å². The molecule has 0 amide bonds. The van der Waals surface area contributed by atoms with E-state index in [0.717, 1.165) is 25.1 Å². The van der Waals surface area contributed by atoms with Crippen LogP contribution in [-0.2, 0) is 6.54 Å². The van der Waals surface area contributed by atoms with E-state index in [1.165, 1.54) is 30.4 Å². The fraction of sp³-hybridized carbons (Fsp3) is 0.435. The summed E-state index contributed by atoms with van der Waals surface area (Å²) in [5, 5.41) is 7.56. The number of benzene rings is 2. The van der Waals surface area contributed by atoms with Gasteiger partial charge in [-0.2, -0.15) is 0 Å². The van der Waals surface area contributed by atoms with E-state index in [9.17, 15) is 4.39 Å². The topological polar surface area (TPSA) is 27.3 Å². The van der Waals surface area contributed by atoms with Gasteiger partial charge in [0.2, 0.25) is 0 Å². The van der Waals surface area contributed by atoms with Crippen molar-refractivity contribution < 1.29 is 4.39 Å². The van der Waals surface area contributed by atoms with Crippen LogP contribution in [0.3, 0.4) is 0 Å². The van der Waals surface area contributed by atoms with Gasteiger partial charge in [-0.25, -0.2) is 4.39 Å². The third-order valence-electron chi connectivity index (χ3n) is 6.05. The Morgan fingerprint density at radius 2 is 1.68 bits per heavy atom. The molecule has 2 aromatic carbocycles. The van der Waals surface area contributed by atoms with Crippen LogP contribution < -0.4 is 10.6 Å². The summed E-state index contributed by atoms with van der Waals surface area (Å²) in [6.07, 6.45) is 5.97. The molecule has 4 rings (SSSR count). The molecule has 2 aliphatic rings. The first-order chi connectivity index (χ1) is 13.6. The molecule has 2 bridgehead atoms. The molecular formula is C23H28FN3S. The Bertz CT molecular complexity index is 792. The first-order valence-corrected chi connectivity index (χ1v) is 10.6. The second kappa shape index (κ2) is 8.58. The first-order valence-electron chi connectivity index (χ1n) is 10.2. The van der Waals surface area contributed by atoms with Crippen molar-refractivity contribution in [3.05, 3.63) is 65.5 Å². The highest BCUT2D eigenvalue weighted by Crippen LogP contribution is 2.35. The second-order valence-electron chi connectivity index (χ2n) is 8.17. The normalized spacial score (nSPS) is 24.6. The summed E-state index contributed by atoms with van der Waals surface area (Å²) in [6.45, 7) is 2.99. The fourth-order valence-electron chi connectivity index (χ4n) is 4.64. The molecule has 0 spiro atoms. The minimum atomic E-state index is -0.165. The maximum atomic E-state index is 13.2. The van der Waals surface area contributed by atoms with Gasteiger partial charge < -0.3 is 10.6 Å².